The molecule has 2 nitrogen and oxygen atoms in total. The van der Waals surface area contributed by atoms with E-state index in [1.165, 1.54) is 22.4 Å². The molecule has 0 bridgehead atoms. The van der Waals surface area contributed by atoms with E-state index < -0.39 is 0 Å². The molecule has 3 aromatic rings. The van der Waals surface area contributed by atoms with Crippen LogP contribution in [-0.2, 0) is 0 Å². The largest absolute Gasteiger partial charge is 0.263 e. The molecule has 0 N–H and O–H groups in total. The molecule has 2 heteroatoms. The molecule has 0 radical (unpaired) electrons. The quantitative estimate of drug-likeness (QED) is 0.645. The lowest BCUT2D eigenvalue weighted by Gasteiger charge is -2.14. The third-order valence-corrected chi connectivity index (χ3v) is 4.98. The predicted molar refractivity (Wildman–Crippen MR) is 97.0 cm³/mol. The van der Waals surface area contributed by atoms with Crippen LogP contribution in [0.1, 0.15) is 28.9 Å². The van der Waals surface area contributed by atoms with Crippen LogP contribution in [0.15, 0.2) is 96.0 Å². The third-order valence-electron chi connectivity index (χ3n) is 4.98. The monoisotopic (exact) mass is 310 g/mol. The van der Waals surface area contributed by atoms with Gasteiger partial charge in [-0.15, -0.1) is 0 Å². The normalized spacial score (nSPS) is 27.4. The Morgan fingerprint density at radius 3 is 1.75 bits per heavy atom. The maximum atomic E-state index is 5.08. The lowest BCUT2D eigenvalue weighted by molar-refractivity contribution is 0.404. The average Bonchev–Trinajstić information content (AvgIpc) is 3.28. The van der Waals surface area contributed by atoms with Gasteiger partial charge in [0.1, 0.15) is 6.17 Å². The zero-order valence-electron chi connectivity index (χ0n) is 13.3. The van der Waals surface area contributed by atoms with Crippen molar-refractivity contribution in [3.63, 3.8) is 0 Å². The zero-order chi connectivity index (χ0) is 15.9. The van der Waals surface area contributed by atoms with Crippen molar-refractivity contribution in [2.45, 2.75) is 18.2 Å². The fourth-order valence-electron chi connectivity index (χ4n) is 3.85. The lowest BCUT2D eigenvalue weighted by atomic mass is 10.0. The Labute approximate surface area is 142 Å². The molecular weight excluding hydrogens is 292 g/mol. The minimum atomic E-state index is 0.122. The average molecular weight is 310 g/mol. The van der Waals surface area contributed by atoms with Crippen molar-refractivity contribution >= 4 is 5.71 Å². The molecule has 4 atom stereocenters. The Bertz CT molecular complexity index is 872. The van der Waals surface area contributed by atoms with Gasteiger partial charge >= 0.3 is 0 Å². The topological polar surface area (TPSA) is 15.4 Å². The van der Waals surface area contributed by atoms with Crippen LogP contribution >= 0.6 is 0 Å². The van der Waals surface area contributed by atoms with Crippen LogP contribution in [-0.4, -0.2) is 16.7 Å². The summed E-state index contributed by atoms with van der Waals surface area (Å²) < 4.78 is 0. The van der Waals surface area contributed by atoms with Crippen molar-refractivity contribution < 1.29 is 0 Å². The SMILES string of the molecule is c1ccc(C2=N[C@H](c3ccccc3)N3[C@H]2[C@@H]3c2ccccc2)cc1. The summed E-state index contributed by atoms with van der Waals surface area (Å²) in [4.78, 5) is 7.60. The van der Waals surface area contributed by atoms with Crippen molar-refractivity contribution in [3.05, 3.63) is 108 Å². The highest BCUT2D eigenvalue weighted by Crippen LogP contribution is 2.55. The van der Waals surface area contributed by atoms with Gasteiger partial charge in [-0.2, -0.15) is 0 Å². The van der Waals surface area contributed by atoms with Gasteiger partial charge in [-0.05, 0) is 16.7 Å². The fourth-order valence-corrected chi connectivity index (χ4v) is 3.85. The molecule has 2 aliphatic heterocycles. The number of benzene rings is 3. The molecule has 24 heavy (non-hydrogen) atoms. The summed E-state index contributed by atoms with van der Waals surface area (Å²) in [6.45, 7) is 0. The fraction of sp³-hybridized carbons (Fsp3) is 0.136. The van der Waals surface area contributed by atoms with Gasteiger partial charge in [0.05, 0.1) is 17.8 Å². The van der Waals surface area contributed by atoms with Gasteiger partial charge < -0.3 is 0 Å². The second-order valence-corrected chi connectivity index (χ2v) is 6.41. The van der Waals surface area contributed by atoms with Gasteiger partial charge in [-0.25, -0.2) is 0 Å². The van der Waals surface area contributed by atoms with Gasteiger partial charge in [0.15, 0.2) is 0 Å². The van der Waals surface area contributed by atoms with Crippen molar-refractivity contribution in [1.82, 2.24) is 4.90 Å². The maximum absolute atomic E-state index is 5.08. The van der Waals surface area contributed by atoms with Crippen molar-refractivity contribution in [2.75, 3.05) is 0 Å². The number of hydrogen-bond acceptors (Lipinski definition) is 2. The van der Waals surface area contributed by atoms with Gasteiger partial charge in [-0.3, -0.25) is 9.89 Å². The summed E-state index contributed by atoms with van der Waals surface area (Å²) >= 11 is 0. The van der Waals surface area contributed by atoms with Crippen LogP contribution in [0.4, 0.5) is 0 Å². The first kappa shape index (κ1) is 13.7. The summed E-state index contributed by atoms with van der Waals surface area (Å²) in [5.41, 5.74) is 5.11. The molecule has 0 aromatic heterocycles. The Kier molecular flexibility index (Phi) is 3.10. The first-order valence-corrected chi connectivity index (χ1v) is 8.44. The smallest absolute Gasteiger partial charge is 0.129 e. The van der Waals surface area contributed by atoms with E-state index in [4.69, 9.17) is 4.99 Å². The van der Waals surface area contributed by atoms with E-state index in [2.05, 4.69) is 95.9 Å². The molecule has 2 aliphatic rings. The molecule has 0 amide bonds. The standard InChI is InChI=1S/C22H18N2/c1-4-10-16(11-5-1)19-21-20(17-12-6-2-7-13-17)24(21)22(23-19)18-14-8-3-9-15-18/h1-15,20-22H/t20-,21+,22-,24?/m0/s1. The van der Waals surface area contributed by atoms with E-state index in [1.807, 2.05) is 0 Å². The van der Waals surface area contributed by atoms with Crippen LogP contribution in [0.5, 0.6) is 0 Å². The highest BCUT2D eigenvalue weighted by Gasteiger charge is 2.59. The van der Waals surface area contributed by atoms with Crippen LogP contribution < -0.4 is 0 Å². The summed E-state index contributed by atoms with van der Waals surface area (Å²) in [6.07, 6.45) is 0.122. The Balaban J connectivity index is 1.58. The first-order chi connectivity index (χ1) is 11.9. The predicted octanol–water partition coefficient (Wildman–Crippen LogP) is 4.61. The van der Waals surface area contributed by atoms with E-state index in [-0.39, 0.29) is 6.17 Å². The Morgan fingerprint density at radius 1 is 0.583 bits per heavy atom. The molecule has 0 spiro atoms. The highest BCUT2D eigenvalue weighted by molar-refractivity contribution is 6.08. The molecule has 116 valence electrons. The van der Waals surface area contributed by atoms with Gasteiger partial charge in [0.25, 0.3) is 0 Å². The van der Waals surface area contributed by atoms with Crippen molar-refractivity contribution in [2.24, 2.45) is 4.99 Å². The lowest BCUT2D eigenvalue weighted by Crippen LogP contribution is -2.08. The summed E-state index contributed by atoms with van der Waals surface area (Å²) in [5.74, 6) is 0. The number of nitrogens with zero attached hydrogens (tertiary/aromatic N) is 2. The Hall–Kier alpha value is -2.71. The number of fused-ring (bicyclic) bond motifs is 1. The molecule has 0 saturated carbocycles. The van der Waals surface area contributed by atoms with E-state index >= 15 is 0 Å². The molecular formula is C22H18N2. The van der Waals surface area contributed by atoms with Crippen LogP contribution in [0.3, 0.4) is 0 Å². The molecule has 5 rings (SSSR count). The van der Waals surface area contributed by atoms with Crippen molar-refractivity contribution in [1.29, 1.82) is 0 Å². The minimum absolute atomic E-state index is 0.122. The molecule has 1 unspecified atom stereocenters. The minimum Gasteiger partial charge on any atom is -0.263 e. The van der Waals surface area contributed by atoms with E-state index in [0.717, 1.165) is 0 Å². The second-order valence-electron chi connectivity index (χ2n) is 6.41. The van der Waals surface area contributed by atoms with E-state index in [0.29, 0.717) is 12.1 Å². The molecule has 0 aliphatic carbocycles. The van der Waals surface area contributed by atoms with Crippen molar-refractivity contribution in [3.8, 4) is 0 Å². The number of hydrogen-bond donors (Lipinski definition) is 0. The van der Waals surface area contributed by atoms with Gasteiger partial charge in [0.2, 0.25) is 0 Å². The molecule has 3 aromatic carbocycles. The molecule has 2 heterocycles. The zero-order valence-corrected chi connectivity index (χ0v) is 13.3. The number of rotatable bonds is 3. The van der Waals surface area contributed by atoms with Crippen LogP contribution in [0, 0.1) is 0 Å². The third kappa shape index (κ3) is 2.11. The second kappa shape index (κ2) is 5.43. The summed E-state index contributed by atoms with van der Waals surface area (Å²) in [6, 6.07) is 32.8. The van der Waals surface area contributed by atoms with Gasteiger partial charge in [-0.1, -0.05) is 91.0 Å². The maximum Gasteiger partial charge on any atom is 0.129 e. The summed E-state index contributed by atoms with van der Waals surface area (Å²) in [5, 5.41) is 0. The van der Waals surface area contributed by atoms with E-state index in [1.54, 1.807) is 0 Å². The Morgan fingerprint density at radius 2 is 1.12 bits per heavy atom. The van der Waals surface area contributed by atoms with Crippen LogP contribution in [0.2, 0.25) is 0 Å². The highest BCUT2D eigenvalue weighted by atomic mass is 15.5. The van der Waals surface area contributed by atoms with E-state index in [9.17, 15) is 0 Å². The van der Waals surface area contributed by atoms with Gasteiger partial charge in [0, 0.05) is 0 Å². The molecule has 1 fully saturated rings. The van der Waals surface area contributed by atoms with Crippen LogP contribution in [0.25, 0.3) is 0 Å². The number of aliphatic imine (C=N–C) groups is 1. The first-order valence-electron chi connectivity index (χ1n) is 8.44. The summed E-state index contributed by atoms with van der Waals surface area (Å²) in [7, 11) is 0. The molecule has 1 saturated heterocycles.